The zero-order valence-corrected chi connectivity index (χ0v) is 12.9. The van der Waals surface area contributed by atoms with Gasteiger partial charge in [0.2, 0.25) is 5.91 Å². The molecule has 1 aliphatic carbocycles. The summed E-state index contributed by atoms with van der Waals surface area (Å²) in [5, 5.41) is 5.53. The first-order valence-electron chi connectivity index (χ1n) is 6.07. The number of halogens is 1. The first-order chi connectivity index (χ1) is 8.97. The largest absolute Gasteiger partial charge is 0.352 e. The predicted octanol–water partition coefficient (Wildman–Crippen LogP) is 2.13. The number of amides is 2. The van der Waals surface area contributed by atoms with Crippen molar-refractivity contribution in [2.45, 2.75) is 36.7 Å². The lowest BCUT2D eigenvalue weighted by molar-refractivity contribution is -0.122. The van der Waals surface area contributed by atoms with Crippen molar-refractivity contribution in [2.75, 3.05) is 0 Å². The first-order valence-corrected chi connectivity index (χ1v) is 7.31. The monoisotopic (exact) mass is 342 g/mol. The lowest BCUT2D eigenvalue weighted by atomic mass is 10.2. The minimum atomic E-state index is -0.551. The average molecular weight is 343 g/mol. The van der Waals surface area contributed by atoms with E-state index in [1.807, 2.05) is 0 Å². The van der Waals surface area contributed by atoms with E-state index in [0.29, 0.717) is 16.5 Å². The zero-order chi connectivity index (χ0) is 14.0. The number of hydrogen-bond acceptors (Lipinski definition) is 3. The number of benzene rings is 1. The highest BCUT2D eigenvalue weighted by atomic mass is 79.9. The predicted molar refractivity (Wildman–Crippen MR) is 79.5 cm³/mol. The van der Waals surface area contributed by atoms with Gasteiger partial charge >= 0.3 is 0 Å². The molecule has 102 valence electrons. The average Bonchev–Trinajstić information content (AvgIpc) is 3.12. The summed E-state index contributed by atoms with van der Waals surface area (Å²) < 4.78 is 0.855. The summed E-state index contributed by atoms with van der Waals surface area (Å²) in [6, 6.07) is 4.92. The Morgan fingerprint density at radius 3 is 2.68 bits per heavy atom. The van der Waals surface area contributed by atoms with Crippen LogP contribution in [0.25, 0.3) is 0 Å². The first kappa shape index (κ1) is 14.4. The standard InChI is InChI=1S/C13H15BrN2O2S/c1-7(12(17)16-9-3-4-9)15-13(18)10-5-2-8(14)6-11(10)19/h2,5-7,9,19H,3-4H2,1H3,(H,15,18)(H,16,17). The number of thiol groups is 1. The molecule has 2 rings (SSSR count). The molecule has 0 radical (unpaired) electrons. The molecule has 0 aliphatic heterocycles. The van der Waals surface area contributed by atoms with Crippen LogP contribution in [0.4, 0.5) is 0 Å². The van der Waals surface area contributed by atoms with Crippen LogP contribution in [0.5, 0.6) is 0 Å². The van der Waals surface area contributed by atoms with Crippen LogP contribution in [0, 0.1) is 0 Å². The molecule has 1 unspecified atom stereocenters. The maximum Gasteiger partial charge on any atom is 0.253 e. The fourth-order valence-corrected chi connectivity index (χ4v) is 2.44. The minimum Gasteiger partial charge on any atom is -0.352 e. The Balaban J connectivity index is 1.97. The number of rotatable bonds is 4. The Kier molecular flexibility index (Phi) is 4.52. The molecule has 1 fully saturated rings. The normalized spacial score (nSPS) is 15.7. The molecule has 0 bridgehead atoms. The van der Waals surface area contributed by atoms with E-state index in [1.165, 1.54) is 0 Å². The van der Waals surface area contributed by atoms with Gasteiger partial charge in [-0.25, -0.2) is 0 Å². The number of carbonyl (C=O) groups excluding carboxylic acids is 2. The maximum absolute atomic E-state index is 12.0. The number of hydrogen-bond donors (Lipinski definition) is 3. The molecular weight excluding hydrogens is 328 g/mol. The van der Waals surface area contributed by atoms with Crippen LogP contribution in [0.3, 0.4) is 0 Å². The molecule has 0 aromatic heterocycles. The van der Waals surface area contributed by atoms with E-state index in [9.17, 15) is 9.59 Å². The van der Waals surface area contributed by atoms with Gasteiger partial charge in [0.25, 0.3) is 5.91 Å². The third-order valence-corrected chi connectivity index (χ3v) is 3.73. The maximum atomic E-state index is 12.0. The van der Waals surface area contributed by atoms with Gasteiger partial charge in [-0.3, -0.25) is 9.59 Å². The van der Waals surface area contributed by atoms with Gasteiger partial charge in [0, 0.05) is 15.4 Å². The van der Waals surface area contributed by atoms with Crippen molar-refractivity contribution in [3.63, 3.8) is 0 Å². The van der Waals surface area contributed by atoms with Crippen LogP contribution in [-0.2, 0) is 4.79 Å². The summed E-state index contributed by atoms with van der Waals surface area (Å²) in [6.07, 6.45) is 2.06. The fraction of sp³-hybridized carbons (Fsp3) is 0.385. The van der Waals surface area contributed by atoms with Crippen molar-refractivity contribution >= 4 is 40.4 Å². The topological polar surface area (TPSA) is 58.2 Å². The van der Waals surface area contributed by atoms with Crippen LogP contribution in [0.2, 0.25) is 0 Å². The van der Waals surface area contributed by atoms with Gasteiger partial charge in [-0.1, -0.05) is 15.9 Å². The summed E-state index contributed by atoms with van der Waals surface area (Å²) in [6.45, 7) is 1.67. The molecule has 19 heavy (non-hydrogen) atoms. The van der Waals surface area contributed by atoms with Gasteiger partial charge in [-0.15, -0.1) is 12.6 Å². The molecule has 1 atom stereocenters. The van der Waals surface area contributed by atoms with Gasteiger partial charge in [0.15, 0.2) is 0 Å². The molecule has 0 heterocycles. The number of carbonyl (C=O) groups is 2. The Hall–Kier alpha value is -1.01. The van der Waals surface area contributed by atoms with Crippen molar-refractivity contribution < 1.29 is 9.59 Å². The van der Waals surface area contributed by atoms with Crippen molar-refractivity contribution in [2.24, 2.45) is 0 Å². The highest BCUT2D eigenvalue weighted by Crippen LogP contribution is 2.20. The van der Waals surface area contributed by atoms with E-state index in [4.69, 9.17) is 0 Å². The second kappa shape index (κ2) is 5.96. The van der Waals surface area contributed by atoms with Crippen LogP contribution >= 0.6 is 28.6 Å². The zero-order valence-electron chi connectivity index (χ0n) is 10.4. The van der Waals surface area contributed by atoms with Crippen LogP contribution < -0.4 is 10.6 Å². The Morgan fingerprint density at radius 1 is 1.42 bits per heavy atom. The summed E-state index contributed by atoms with van der Waals surface area (Å²) in [5.41, 5.74) is 0.456. The molecule has 2 amide bonds. The summed E-state index contributed by atoms with van der Waals surface area (Å²) >= 11 is 7.56. The van der Waals surface area contributed by atoms with Gasteiger partial charge < -0.3 is 10.6 Å². The molecule has 0 saturated heterocycles. The van der Waals surface area contributed by atoms with E-state index in [1.54, 1.807) is 25.1 Å². The third-order valence-electron chi connectivity index (χ3n) is 2.87. The van der Waals surface area contributed by atoms with Crippen LogP contribution in [0.15, 0.2) is 27.6 Å². The van der Waals surface area contributed by atoms with Crippen molar-refractivity contribution in [1.29, 1.82) is 0 Å². The molecule has 0 spiro atoms. The lowest BCUT2D eigenvalue weighted by Crippen LogP contribution is -2.45. The molecule has 1 saturated carbocycles. The summed E-state index contributed by atoms with van der Waals surface area (Å²) in [5.74, 6) is -0.440. The Bertz CT molecular complexity index is 517. The smallest absolute Gasteiger partial charge is 0.253 e. The third kappa shape index (κ3) is 3.98. The van der Waals surface area contributed by atoms with Crippen molar-refractivity contribution in [3.05, 3.63) is 28.2 Å². The van der Waals surface area contributed by atoms with Gasteiger partial charge in [0.05, 0.1) is 5.56 Å². The Labute approximate surface area is 125 Å². The van der Waals surface area contributed by atoms with E-state index >= 15 is 0 Å². The van der Waals surface area contributed by atoms with E-state index in [-0.39, 0.29) is 11.8 Å². The lowest BCUT2D eigenvalue weighted by Gasteiger charge is -2.14. The van der Waals surface area contributed by atoms with Gasteiger partial charge in [0.1, 0.15) is 6.04 Å². The van der Waals surface area contributed by atoms with Gasteiger partial charge in [-0.2, -0.15) is 0 Å². The highest BCUT2D eigenvalue weighted by molar-refractivity contribution is 9.10. The molecule has 1 aliphatic rings. The summed E-state index contributed by atoms with van der Waals surface area (Å²) in [4.78, 5) is 24.4. The second-order valence-electron chi connectivity index (χ2n) is 4.64. The van der Waals surface area contributed by atoms with Crippen molar-refractivity contribution in [1.82, 2.24) is 10.6 Å². The molecule has 6 heteroatoms. The SMILES string of the molecule is CC(NC(=O)c1ccc(Br)cc1S)C(=O)NC1CC1. The Morgan fingerprint density at radius 2 is 2.11 bits per heavy atom. The number of nitrogens with one attached hydrogen (secondary N) is 2. The van der Waals surface area contributed by atoms with E-state index in [0.717, 1.165) is 17.3 Å². The van der Waals surface area contributed by atoms with Crippen LogP contribution in [0.1, 0.15) is 30.1 Å². The molecule has 1 aromatic carbocycles. The van der Waals surface area contributed by atoms with E-state index in [2.05, 4.69) is 39.2 Å². The minimum absolute atomic E-state index is 0.145. The summed E-state index contributed by atoms with van der Waals surface area (Å²) in [7, 11) is 0. The molecule has 2 N–H and O–H groups in total. The second-order valence-corrected chi connectivity index (χ2v) is 6.04. The highest BCUT2D eigenvalue weighted by Gasteiger charge is 2.26. The van der Waals surface area contributed by atoms with Crippen LogP contribution in [-0.4, -0.2) is 23.9 Å². The molecular formula is C13H15BrN2O2S. The molecule has 1 aromatic rings. The van der Waals surface area contributed by atoms with Gasteiger partial charge in [-0.05, 0) is 38.0 Å². The van der Waals surface area contributed by atoms with Crippen molar-refractivity contribution in [3.8, 4) is 0 Å². The van der Waals surface area contributed by atoms with E-state index < -0.39 is 6.04 Å². The molecule has 4 nitrogen and oxygen atoms in total. The fourth-order valence-electron chi connectivity index (χ4n) is 1.59. The quantitative estimate of drug-likeness (QED) is 0.734.